The summed E-state index contributed by atoms with van der Waals surface area (Å²) in [6, 6.07) is 0. The van der Waals surface area contributed by atoms with Crippen molar-refractivity contribution in [1.29, 1.82) is 0 Å². The fourth-order valence-corrected chi connectivity index (χ4v) is 4.82. The van der Waals surface area contributed by atoms with E-state index in [-0.39, 0.29) is 41.4 Å². The highest BCUT2D eigenvalue weighted by Crippen LogP contribution is 2.23. The number of amidine groups is 1. The van der Waals surface area contributed by atoms with Crippen molar-refractivity contribution in [3.05, 3.63) is 23.9 Å². The van der Waals surface area contributed by atoms with E-state index in [1.165, 1.54) is 6.42 Å². The minimum absolute atomic E-state index is 0.00395. The fourth-order valence-electron chi connectivity index (χ4n) is 3.84. The standard InChI is InChI=1S/C20H30N4O4S/c1-2-3-4-5-10-21-19(25)16-8-6-12-24(15-16)20(26)17-9-7-11-23-13-14-29(27,28)22-18(17)23/h7,9,11,16H,2-6,8,10,12-15H2,1H3,(H,21,25). The summed E-state index contributed by atoms with van der Waals surface area (Å²) in [6.07, 6.45) is 11.0. The summed E-state index contributed by atoms with van der Waals surface area (Å²) in [6.45, 7) is 4.01. The zero-order valence-electron chi connectivity index (χ0n) is 17.0. The van der Waals surface area contributed by atoms with E-state index in [4.69, 9.17) is 0 Å². The van der Waals surface area contributed by atoms with Gasteiger partial charge >= 0.3 is 0 Å². The number of nitrogens with one attached hydrogen (secondary N) is 1. The number of amides is 2. The third-order valence-corrected chi connectivity index (χ3v) is 6.65. The summed E-state index contributed by atoms with van der Waals surface area (Å²) in [5, 5.41) is 2.99. The van der Waals surface area contributed by atoms with Crippen molar-refractivity contribution >= 4 is 27.7 Å². The average molecular weight is 423 g/mol. The van der Waals surface area contributed by atoms with E-state index in [0.717, 1.165) is 32.1 Å². The molecule has 8 nitrogen and oxygen atoms in total. The smallest absolute Gasteiger partial charge is 0.257 e. The topological polar surface area (TPSA) is 99.1 Å². The van der Waals surface area contributed by atoms with Gasteiger partial charge in [-0.25, -0.2) is 8.42 Å². The number of allylic oxidation sites excluding steroid dienone is 2. The zero-order chi connectivity index (χ0) is 20.9. The minimum atomic E-state index is -3.55. The molecular weight excluding hydrogens is 392 g/mol. The Hall–Kier alpha value is -2.16. The number of piperidine rings is 1. The van der Waals surface area contributed by atoms with E-state index in [1.807, 2.05) is 0 Å². The van der Waals surface area contributed by atoms with Gasteiger partial charge in [0.1, 0.15) is 0 Å². The summed E-state index contributed by atoms with van der Waals surface area (Å²) < 4.78 is 27.6. The predicted molar refractivity (Wildman–Crippen MR) is 112 cm³/mol. The Morgan fingerprint density at radius 2 is 2.07 bits per heavy atom. The van der Waals surface area contributed by atoms with Crippen molar-refractivity contribution < 1.29 is 18.0 Å². The quantitative estimate of drug-likeness (QED) is 0.626. The maximum atomic E-state index is 13.1. The molecule has 1 saturated heterocycles. The van der Waals surface area contributed by atoms with Gasteiger partial charge in [-0.1, -0.05) is 26.2 Å². The lowest BCUT2D eigenvalue weighted by molar-refractivity contribution is -0.132. The first-order valence-electron chi connectivity index (χ1n) is 10.5. The lowest BCUT2D eigenvalue weighted by Crippen LogP contribution is -2.48. The number of nitrogens with zero attached hydrogens (tertiary/aromatic N) is 3. The fraction of sp³-hybridized carbons (Fsp3) is 0.650. The SMILES string of the molecule is CCCCCCNC(=O)C1CCCN(C(=O)C2=CC=CN3CCS(=O)(=O)N=C23)C1. The van der Waals surface area contributed by atoms with E-state index in [0.29, 0.717) is 19.6 Å². The first-order valence-corrected chi connectivity index (χ1v) is 12.1. The lowest BCUT2D eigenvalue weighted by atomic mass is 9.96. The number of fused-ring (bicyclic) bond motifs is 1. The van der Waals surface area contributed by atoms with Crippen LogP contribution in [0.4, 0.5) is 0 Å². The summed E-state index contributed by atoms with van der Waals surface area (Å²) in [7, 11) is -3.55. The number of carbonyl (C=O) groups is 2. The van der Waals surface area contributed by atoms with Gasteiger partial charge in [0, 0.05) is 32.4 Å². The molecule has 3 aliphatic rings. The highest BCUT2D eigenvalue weighted by Gasteiger charge is 2.35. The van der Waals surface area contributed by atoms with Crippen LogP contribution in [0.5, 0.6) is 0 Å². The molecule has 0 radical (unpaired) electrons. The zero-order valence-corrected chi connectivity index (χ0v) is 17.8. The van der Waals surface area contributed by atoms with Crippen LogP contribution in [0.25, 0.3) is 0 Å². The molecular formula is C20H30N4O4S. The molecule has 3 rings (SSSR count). The van der Waals surface area contributed by atoms with Crippen LogP contribution < -0.4 is 5.32 Å². The Morgan fingerprint density at radius 3 is 2.86 bits per heavy atom. The van der Waals surface area contributed by atoms with Gasteiger partial charge in [0.05, 0.1) is 17.2 Å². The Labute approximate surface area is 172 Å². The van der Waals surface area contributed by atoms with Gasteiger partial charge in [-0.2, -0.15) is 0 Å². The Bertz CT molecular complexity index is 831. The van der Waals surface area contributed by atoms with Gasteiger partial charge in [0.25, 0.3) is 15.9 Å². The van der Waals surface area contributed by atoms with Gasteiger partial charge < -0.3 is 15.1 Å². The molecule has 0 aliphatic carbocycles. The first kappa shape index (κ1) is 21.5. The van der Waals surface area contributed by atoms with E-state index in [2.05, 4.69) is 16.6 Å². The van der Waals surface area contributed by atoms with Gasteiger partial charge in [0.2, 0.25) is 5.91 Å². The highest BCUT2D eigenvalue weighted by molar-refractivity contribution is 7.90. The molecule has 0 spiro atoms. The van der Waals surface area contributed by atoms with Crippen LogP contribution in [-0.2, 0) is 19.6 Å². The van der Waals surface area contributed by atoms with Gasteiger partial charge in [-0.05, 0) is 31.4 Å². The van der Waals surface area contributed by atoms with Gasteiger partial charge in [-0.15, -0.1) is 4.40 Å². The predicted octanol–water partition coefficient (Wildman–Crippen LogP) is 1.42. The monoisotopic (exact) mass is 422 g/mol. The molecule has 0 aromatic carbocycles. The Kier molecular flexibility index (Phi) is 7.10. The Balaban J connectivity index is 1.62. The third-order valence-electron chi connectivity index (χ3n) is 5.50. The molecule has 1 fully saturated rings. The van der Waals surface area contributed by atoms with Crippen LogP contribution in [0, 0.1) is 5.92 Å². The molecule has 160 valence electrons. The molecule has 3 aliphatic heterocycles. The second-order valence-electron chi connectivity index (χ2n) is 7.76. The Morgan fingerprint density at radius 1 is 1.24 bits per heavy atom. The van der Waals surface area contributed by atoms with E-state index in [1.54, 1.807) is 28.2 Å². The van der Waals surface area contributed by atoms with Crippen molar-refractivity contribution in [1.82, 2.24) is 15.1 Å². The third kappa shape index (κ3) is 5.46. The summed E-state index contributed by atoms with van der Waals surface area (Å²) in [5.74, 6) is -0.378. The van der Waals surface area contributed by atoms with Crippen molar-refractivity contribution in [2.75, 3.05) is 31.9 Å². The van der Waals surface area contributed by atoms with Crippen LogP contribution in [0.1, 0.15) is 45.4 Å². The molecule has 3 heterocycles. The largest absolute Gasteiger partial charge is 0.356 e. The number of rotatable bonds is 7. The maximum absolute atomic E-state index is 13.1. The van der Waals surface area contributed by atoms with Gasteiger partial charge in [-0.3, -0.25) is 9.59 Å². The number of unbranched alkanes of at least 4 members (excludes halogenated alkanes) is 3. The molecule has 0 bridgehead atoms. The molecule has 9 heteroatoms. The molecule has 0 aromatic heterocycles. The second kappa shape index (κ2) is 9.56. The molecule has 1 N–H and O–H groups in total. The van der Waals surface area contributed by atoms with E-state index in [9.17, 15) is 18.0 Å². The van der Waals surface area contributed by atoms with Crippen LogP contribution >= 0.6 is 0 Å². The number of likely N-dealkylation sites (tertiary alicyclic amines) is 1. The molecule has 1 unspecified atom stereocenters. The number of sulfonamides is 1. The molecule has 29 heavy (non-hydrogen) atoms. The van der Waals surface area contributed by atoms with Crippen LogP contribution in [-0.4, -0.2) is 67.8 Å². The molecule has 1 atom stereocenters. The summed E-state index contributed by atoms with van der Waals surface area (Å²) in [4.78, 5) is 29.0. The normalized spacial score (nSPS) is 23.1. The molecule has 0 aromatic rings. The van der Waals surface area contributed by atoms with Crippen LogP contribution in [0.3, 0.4) is 0 Å². The number of carbonyl (C=O) groups excluding carboxylic acids is 2. The van der Waals surface area contributed by atoms with E-state index >= 15 is 0 Å². The number of hydrogen-bond acceptors (Lipinski definition) is 5. The molecule has 0 saturated carbocycles. The van der Waals surface area contributed by atoms with E-state index < -0.39 is 10.0 Å². The first-order chi connectivity index (χ1) is 13.9. The number of hydrogen-bond donors (Lipinski definition) is 1. The van der Waals surface area contributed by atoms with Crippen molar-refractivity contribution in [2.24, 2.45) is 10.3 Å². The van der Waals surface area contributed by atoms with Crippen molar-refractivity contribution in [3.63, 3.8) is 0 Å². The minimum Gasteiger partial charge on any atom is -0.356 e. The van der Waals surface area contributed by atoms with Crippen molar-refractivity contribution in [3.8, 4) is 0 Å². The maximum Gasteiger partial charge on any atom is 0.257 e. The molecule has 2 amide bonds. The highest BCUT2D eigenvalue weighted by atomic mass is 32.2. The van der Waals surface area contributed by atoms with Crippen molar-refractivity contribution in [2.45, 2.75) is 45.4 Å². The lowest BCUT2D eigenvalue weighted by Gasteiger charge is -2.35. The van der Waals surface area contributed by atoms with Crippen LogP contribution in [0.15, 0.2) is 28.3 Å². The second-order valence-corrected chi connectivity index (χ2v) is 9.51. The summed E-state index contributed by atoms with van der Waals surface area (Å²) >= 11 is 0. The van der Waals surface area contributed by atoms with Crippen LogP contribution in [0.2, 0.25) is 0 Å². The van der Waals surface area contributed by atoms with Gasteiger partial charge in [0.15, 0.2) is 5.84 Å². The average Bonchev–Trinajstić information content (AvgIpc) is 2.72. The summed E-state index contributed by atoms with van der Waals surface area (Å²) in [5.41, 5.74) is 0.274.